The number of carbonyl (C=O) groups excluding carboxylic acids is 2. The molecule has 2 amide bonds. The number of thiophene rings is 1. The summed E-state index contributed by atoms with van der Waals surface area (Å²) in [5, 5.41) is 2.12. The van der Waals surface area contributed by atoms with Crippen molar-refractivity contribution < 1.29 is 14.3 Å². The molecular weight excluding hydrogens is 336 g/mol. The summed E-state index contributed by atoms with van der Waals surface area (Å²) in [4.78, 5) is 30.0. The molecule has 1 aromatic rings. The molecule has 1 aromatic heterocycles. The molecule has 2 heterocycles. The van der Waals surface area contributed by atoms with Gasteiger partial charge < -0.3 is 14.5 Å². The first-order valence-corrected chi connectivity index (χ1v) is 9.88. The second kappa shape index (κ2) is 6.63. The fourth-order valence-corrected chi connectivity index (χ4v) is 4.65. The van der Waals surface area contributed by atoms with E-state index in [9.17, 15) is 9.59 Å². The Hall–Kier alpha value is -1.56. The molecule has 138 valence electrons. The van der Waals surface area contributed by atoms with Crippen LogP contribution in [0.5, 0.6) is 0 Å². The highest BCUT2D eigenvalue weighted by Crippen LogP contribution is 2.38. The van der Waals surface area contributed by atoms with Crippen LogP contribution in [0.2, 0.25) is 0 Å². The Bertz CT molecular complexity index is 658. The third-order valence-electron chi connectivity index (χ3n) is 5.22. The summed E-state index contributed by atoms with van der Waals surface area (Å²) in [6.07, 6.45) is 2.10. The summed E-state index contributed by atoms with van der Waals surface area (Å²) in [5.41, 5.74) is 0.893. The minimum atomic E-state index is -0.494. The van der Waals surface area contributed by atoms with Crippen LogP contribution in [-0.2, 0) is 16.0 Å². The molecule has 1 atom stereocenters. The van der Waals surface area contributed by atoms with Crippen LogP contribution in [0.4, 0.5) is 4.79 Å². The number of hydrogen-bond acceptors (Lipinski definition) is 4. The Morgan fingerprint density at radius 1 is 1.32 bits per heavy atom. The van der Waals surface area contributed by atoms with Crippen LogP contribution in [0.25, 0.3) is 0 Å². The number of hydrogen-bond donors (Lipinski definition) is 0. The van der Waals surface area contributed by atoms with E-state index in [-0.39, 0.29) is 30.0 Å². The molecule has 2 aliphatic rings. The number of rotatable bonds is 2. The average molecular weight is 365 g/mol. The maximum absolute atomic E-state index is 12.9. The quantitative estimate of drug-likeness (QED) is 0.801. The van der Waals surface area contributed by atoms with Crippen molar-refractivity contribution in [2.75, 3.05) is 13.6 Å². The Balaban J connectivity index is 1.54. The van der Waals surface area contributed by atoms with E-state index >= 15 is 0 Å². The Labute approximate surface area is 153 Å². The topological polar surface area (TPSA) is 49.9 Å². The lowest BCUT2D eigenvalue weighted by atomic mass is 9.78. The van der Waals surface area contributed by atoms with E-state index in [1.54, 1.807) is 23.3 Å². The second-order valence-electron chi connectivity index (χ2n) is 8.18. The fourth-order valence-electron chi connectivity index (χ4n) is 3.62. The van der Waals surface area contributed by atoms with Gasteiger partial charge in [-0.05, 0) is 64.0 Å². The van der Waals surface area contributed by atoms with Gasteiger partial charge in [0.2, 0.25) is 5.91 Å². The molecule has 1 saturated carbocycles. The lowest BCUT2D eigenvalue weighted by molar-refractivity contribution is -0.143. The summed E-state index contributed by atoms with van der Waals surface area (Å²) in [6, 6.07) is 2.44. The van der Waals surface area contributed by atoms with E-state index in [1.807, 2.05) is 25.7 Å². The molecule has 25 heavy (non-hydrogen) atoms. The summed E-state index contributed by atoms with van der Waals surface area (Å²) < 4.78 is 5.41. The van der Waals surface area contributed by atoms with Gasteiger partial charge in [0.25, 0.3) is 0 Å². The molecule has 0 spiro atoms. The SMILES string of the molecule is C[C@H]1c2sccc2CCN1C(=O)C1CC(N(C)C(=O)OC(C)(C)C)C1. The van der Waals surface area contributed by atoms with Crippen LogP contribution >= 0.6 is 11.3 Å². The normalized spacial score (nSPS) is 25.8. The Morgan fingerprint density at radius 2 is 2.00 bits per heavy atom. The lowest BCUT2D eigenvalue weighted by Gasteiger charge is -2.44. The number of nitrogens with zero attached hydrogens (tertiary/aromatic N) is 2. The molecular formula is C19H28N2O3S. The van der Waals surface area contributed by atoms with Gasteiger partial charge in [-0.1, -0.05) is 0 Å². The van der Waals surface area contributed by atoms with Crippen molar-refractivity contribution in [1.29, 1.82) is 0 Å². The second-order valence-corrected chi connectivity index (χ2v) is 9.13. The molecule has 1 aliphatic carbocycles. The first kappa shape index (κ1) is 18.2. The highest BCUT2D eigenvalue weighted by Gasteiger charge is 2.42. The number of carbonyl (C=O) groups is 2. The molecule has 1 fully saturated rings. The van der Waals surface area contributed by atoms with Crippen LogP contribution < -0.4 is 0 Å². The van der Waals surface area contributed by atoms with Crippen LogP contribution in [0, 0.1) is 5.92 Å². The largest absolute Gasteiger partial charge is 0.444 e. The first-order chi connectivity index (χ1) is 11.7. The van der Waals surface area contributed by atoms with E-state index in [2.05, 4.69) is 18.4 Å². The molecule has 5 nitrogen and oxygen atoms in total. The van der Waals surface area contributed by atoms with Gasteiger partial charge in [0.1, 0.15) is 5.60 Å². The van der Waals surface area contributed by atoms with Gasteiger partial charge in [0.15, 0.2) is 0 Å². The van der Waals surface area contributed by atoms with Gasteiger partial charge in [-0.3, -0.25) is 4.79 Å². The average Bonchev–Trinajstić information content (AvgIpc) is 2.93. The van der Waals surface area contributed by atoms with Crippen molar-refractivity contribution in [2.24, 2.45) is 5.92 Å². The van der Waals surface area contributed by atoms with E-state index in [0.717, 1.165) is 25.8 Å². The number of amides is 2. The van der Waals surface area contributed by atoms with Crippen molar-refractivity contribution in [3.05, 3.63) is 21.9 Å². The Morgan fingerprint density at radius 3 is 2.64 bits per heavy atom. The van der Waals surface area contributed by atoms with Gasteiger partial charge in [0.05, 0.1) is 6.04 Å². The molecule has 1 aliphatic heterocycles. The van der Waals surface area contributed by atoms with Gasteiger partial charge in [-0.2, -0.15) is 0 Å². The zero-order valence-corrected chi connectivity index (χ0v) is 16.6. The predicted octanol–water partition coefficient (Wildman–Crippen LogP) is 3.84. The molecule has 6 heteroatoms. The van der Waals surface area contributed by atoms with Crippen LogP contribution in [-0.4, -0.2) is 47.0 Å². The lowest BCUT2D eigenvalue weighted by Crippen LogP contribution is -2.52. The number of fused-ring (bicyclic) bond motifs is 1. The third kappa shape index (κ3) is 3.68. The summed E-state index contributed by atoms with van der Waals surface area (Å²) in [7, 11) is 1.76. The van der Waals surface area contributed by atoms with Crippen molar-refractivity contribution >= 4 is 23.3 Å². The third-order valence-corrected chi connectivity index (χ3v) is 6.35. The zero-order valence-electron chi connectivity index (χ0n) is 15.7. The minimum Gasteiger partial charge on any atom is -0.444 e. The summed E-state index contributed by atoms with van der Waals surface area (Å²) in [5.74, 6) is 0.263. The van der Waals surface area contributed by atoms with Crippen LogP contribution in [0.1, 0.15) is 57.0 Å². The minimum absolute atomic E-state index is 0.0267. The molecule has 0 saturated heterocycles. The molecule has 0 N–H and O–H groups in total. The molecule has 0 unspecified atom stereocenters. The molecule has 0 aromatic carbocycles. The van der Waals surface area contributed by atoms with Gasteiger partial charge >= 0.3 is 6.09 Å². The van der Waals surface area contributed by atoms with Crippen LogP contribution in [0.3, 0.4) is 0 Å². The highest BCUT2D eigenvalue weighted by molar-refractivity contribution is 7.10. The van der Waals surface area contributed by atoms with Crippen molar-refractivity contribution in [3.63, 3.8) is 0 Å². The van der Waals surface area contributed by atoms with E-state index < -0.39 is 5.60 Å². The Kier molecular flexibility index (Phi) is 4.84. The maximum Gasteiger partial charge on any atom is 0.410 e. The highest BCUT2D eigenvalue weighted by atomic mass is 32.1. The standard InChI is InChI=1S/C19H28N2O3S/c1-12-16-13(7-9-25-16)6-8-21(12)17(22)14-10-15(11-14)20(5)18(23)24-19(2,3)4/h7,9,12,14-15H,6,8,10-11H2,1-5H3/t12-,14?,15?/m0/s1. The first-order valence-electron chi connectivity index (χ1n) is 9.00. The van der Waals surface area contributed by atoms with Crippen molar-refractivity contribution in [2.45, 2.75) is 64.6 Å². The van der Waals surface area contributed by atoms with E-state index in [4.69, 9.17) is 4.74 Å². The van der Waals surface area contributed by atoms with Crippen molar-refractivity contribution in [1.82, 2.24) is 9.80 Å². The number of ether oxygens (including phenoxy) is 1. The molecule has 0 bridgehead atoms. The summed E-state index contributed by atoms with van der Waals surface area (Å²) >= 11 is 1.74. The van der Waals surface area contributed by atoms with Crippen LogP contribution in [0.15, 0.2) is 11.4 Å². The zero-order chi connectivity index (χ0) is 18.4. The fraction of sp³-hybridized carbons (Fsp3) is 0.684. The monoisotopic (exact) mass is 364 g/mol. The van der Waals surface area contributed by atoms with Gasteiger partial charge in [-0.15, -0.1) is 11.3 Å². The predicted molar refractivity (Wildman–Crippen MR) is 98.7 cm³/mol. The van der Waals surface area contributed by atoms with Gasteiger partial charge in [0, 0.05) is 30.4 Å². The van der Waals surface area contributed by atoms with Gasteiger partial charge in [-0.25, -0.2) is 4.79 Å². The summed E-state index contributed by atoms with van der Waals surface area (Å²) in [6.45, 7) is 8.51. The van der Waals surface area contributed by atoms with Crippen molar-refractivity contribution in [3.8, 4) is 0 Å². The van der Waals surface area contributed by atoms with E-state index in [1.165, 1.54) is 10.4 Å². The molecule has 3 rings (SSSR count). The molecule has 0 radical (unpaired) electrons. The smallest absolute Gasteiger partial charge is 0.410 e. The maximum atomic E-state index is 12.9. The van der Waals surface area contributed by atoms with E-state index in [0.29, 0.717) is 0 Å².